The van der Waals surface area contributed by atoms with Crippen LogP contribution in [-0.2, 0) is 4.79 Å². The second-order valence-corrected chi connectivity index (χ2v) is 7.03. The van der Waals surface area contributed by atoms with Crippen LogP contribution in [0.5, 0.6) is 11.5 Å². The number of fused-ring (bicyclic) bond motifs is 1. The molecule has 0 aliphatic heterocycles. The van der Waals surface area contributed by atoms with Gasteiger partial charge in [-0.25, -0.2) is 4.98 Å². The van der Waals surface area contributed by atoms with Crippen molar-refractivity contribution in [3.8, 4) is 22.9 Å². The fraction of sp³-hybridized carbons (Fsp3) is 0.200. The van der Waals surface area contributed by atoms with Gasteiger partial charge >= 0.3 is 0 Å². The number of nitrogens with one attached hydrogen (secondary N) is 2. The van der Waals surface area contributed by atoms with E-state index in [1.165, 1.54) is 0 Å². The molecule has 1 aromatic heterocycles. The van der Waals surface area contributed by atoms with Gasteiger partial charge in [-0.2, -0.15) is 0 Å². The molecule has 0 saturated heterocycles. The number of amides is 1. The molecule has 31 heavy (non-hydrogen) atoms. The highest BCUT2D eigenvalue weighted by molar-refractivity contribution is 5.95. The quantitative estimate of drug-likeness (QED) is 0.358. The van der Waals surface area contributed by atoms with Gasteiger partial charge in [0.2, 0.25) is 5.91 Å². The van der Waals surface area contributed by atoms with Crippen molar-refractivity contribution in [2.24, 2.45) is 0 Å². The second-order valence-electron chi connectivity index (χ2n) is 7.03. The SMILES string of the molecule is CCOc1ccccc1OCCCC(=O)Nc1ccccc1-c1nc2ccccc2[nH]1. The van der Waals surface area contributed by atoms with Crippen LogP contribution in [0.25, 0.3) is 22.4 Å². The van der Waals surface area contributed by atoms with Crippen LogP contribution in [0.3, 0.4) is 0 Å². The lowest BCUT2D eigenvalue weighted by Crippen LogP contribution is -2.13. The molecule has 4 aromatic rings. The summed E-state index contributed by atoms with van der Waals surface area (Å²) in [6.45, 7) is 2.94. The Balaban J connectivity index is 1.35. The number of carbonyl (C=O) groups is 1. The third-order valence-electron chi connectivity index (χ3n) is 4.80. The number of aromatic nitrogens is 2. The molecule has 1 heterocycles. The van der Waals surface area contributed by atoms with Crippen LogP contribution in [-0.4, -0.2) is 29.1 Å². The zero-order chi connectivity index (χ0) is 21.5. The first-order valence-electron chi connectivity index (χ1n) is 10.4. The van der Waals surface area contributed by atoms with E-state index < -0.39 is 0 Å². The molecule has 0 saturated carbocycles. The maximum atomic E-state index is 12.5. The van der Waals surface area contributed by atoms with Crippen LogP contribution in [0.4, 0.5) is 5.69 Å². The lowest BCUT2D eigenvalue weighted by atomic mass is 10.1. The van der Waals surface area contributed by atoms with E-state index >= 15 is 0 Å². The highest BCUT2D eigenvalue weighted by Gasteiger charge is 2.12. The number of ether oxygens (including phenoxy) is 2. The van der Waals surface area contributed by atoms with Gasteiger partial charge in [-0.15, -0.1) is 0 Å². The molecular weight excluding hydrogens is 390 g/mol. The van der Waals surface area contributed by atoms with Crippen LogP contribution in [0.1, 0.15) is 19.8 Å². The van der Waals surface area contributed by atoms with Crippen molar-refractivity contribution in [3.05, 3.63) is 72.8 Å². The van der Waals surface area contributed by atoms with Crippen LogP contribution in [0.2, 0.25) is 0 Å². The zero-order valence-corrected chi connectivity index (χ0v) is 17.4. The fourth-order valence-corrected chi connectivity index (χ4v) is 3.35. The van der Waals surface area contributed by atoms with E-state index in [4.69, 9.17) is 9.47 Å². The molecule has 158 valence electrons. The summed E-state index contributed by atoms with van der Waals surface area (Å²) in [5.41, 5.74) is 3.44. The summed E-state index contributed by atoms with van der Waals surface area (Å²) in [5.74, 6) is 2.08. The Labute approximate surface area is 181 Å². The van der Waals surface area contributed by atoms with Crippen LogP contribution in [0.15, 0.2) is 72.8 Å². The minimum atomic E-state index is -0.0646. The van der Waals surface area contributed by atoms with Crippen molar-refractivity contribution in [2.75, 3.05) is 18.5 Å². The van der Waals surface area contributed by atoms with Crippen molar-refractivity contribution in [1.29, 1.82) is 0 Å². The van der Waals surface area contributed by atoms with Gasteiger partial charge < -0.3 is 19.8 Å². The summed E-state index contributed by atoms with van der Waals surface area (Å²) in [6, 6.07) is 23.1. The summed E-state index contributed by atoms with van der Waals surface area (Å²) in [6.07, 6.45) is 0.949. The predicted molar refractivity (Wildman–Crippen MR) is 122 cm³/mol. The molecule has 6 heteroatoms. The third-order valence-corrected chi connectivity index (χ3v) is 4.80. The minimum Gasteiger partial charge on any atom is -0.490 e. The normalized spacial score (nSPS) is 10.7. The van der Waals surface area contributed by atoms with Crippen molar-refractivity contribution in [3.63, 3.8) is 0 Å². The summed E-state index contributed by atoms with van der Waals surface area (Å²) in [4.78, 5) is 20.5. The first kappa shape index (κ1) is 20.5. The van der Waals surface area contributed by atoms with E-state index in [-0.39, 0.29) is 5.91 Å². The van der Waals surface area contributed by atoms with E-state index in [0.717, 1.165) is 28.1 Å². The van der Waals surface area contributed by atoms with Crippen LogP contribution in [0, 0.1) is 0 Å². The molecule has 1 amide bonds. The molecule has 6 nitrogen and oxygen atoms in total. The summed E-state index contributed by atoms with van der Waals surface area (Å²) in [7, 11) is 0. The average molecular weight is 415 g/mol. The van der Waals surface area contributed by atoms with Crippen molar-refractivity contribution in [2.45, 2.75) is 19.8 Å². The maximum Gasteiger partial charge on any atom is 0.224 e. The van der Waals surface area contributed by atoms with E-state index in [1.54, 1.807) is 0 Å². The van der Waals surface area contributed by atoms with Gasteiger partial charge in [0.15, 0.2) is 11.5 Å². The zero-order valence-electron chi connectivity index (χ0n) is 17.4. The number of rotatable bonds is 9. The molecule has 2 N–H and O–H groups in total. The fourth-order valence-electron chi connectivity index (χ4n) is 3.35. The summed E-state index contributed by atoms with van der Waals surface area (Å²) >= 11 is 0. The lowest BCUT2D eigenvalue weighted by Gasteiger charge is -2.12. The topological polar surface area (TPSA) is 76.2 Å². The maximum absolute atomic E-state index is 12.5. The molecule has 0 bridgehead atoms. The van der Waals surface area contributed by atoms with E-state index in [9.17, 15) is 4.79 Å². The highest BCUT2D eigenvalue weighted by atomic mass is 16.5. The third kappa shape index (κ3) is 5.04. The molecule has 0 fully saturated rings. The average Bonchev–Trinajstić information content (AvgIpc) is 3.22. The number of carbonyl (C=O) groups excluding carboxylic acids is 1. The number of imidazole rings is 1. The number of aromatic amines is 1. The number of anilines is 1. The Hall–Kier alpha value is -3.80. The number of H-pyrrole nitrogens is 1. The monoisotopic (exact) mass is 415 g/mol. The Morgan fingerprint density at radius 1 is 0.935 bits per heavy atom. The van der Waals surface area contributed by atoms with Crippen molar-refractivity contribution in [1.82, 2.24) is 9.97 Å². The van der Waals surface area contributed by atoms with Gasteiger partial charge in [0.25, 0.3) is 0 Å². The van der Waals surface area contributed by atoms with Gasteiger partial charge in [0.1, 0.15) is 5.82 Å². The molecular formula is C25H25N3O3. The largest absolute Gasteiger partial charge is 0.490 e. The van der Waals surface area contributed by atoms with Gasteiger partial charge in [-0.05, 0) is 49.7 Å². The second kappa shape index (κ2) is 9.80. The first-order valence-corrected chi connectivity index (χ1v) is 10.4. The minimum absolute atomic E-state index is 0.0646. The van der Waals surface area contributed by atoms with Crippen LogP contribution >= 0.6 is 0 Å². The van der Waals surface area contributed by atoms with Crippen molar-refractivity contribution >= 4 is 22.6 Å². The summed E-state index contributed by atoms with van der Waals surface area (Å²) in [5, 5.41) is 3.00. The smallest absolute Gasteiger partial charge is 0.224 e. The highest BCUT2D eigenvalue weighted by Crippen LogP contribution is 2.28. The van der Waals surface area contributed by atoms with Crippen LogP contribution < -0.4 is 14.8 Å². The van der Waals surface area contributed by atoms with Crippen molar-refractivity contribution < 1.29 is 14.3 Å². The lowest BCUT2D eigenvalue weighted by molar-refractivity contribution is -0.116. The van der Waals surface area contributed by atoms with Gasteiger partial charge in [0, 0.05) is 12.0 Å². The van der Waals surface area contributed by atoms with E-state index in [2.05, 4.69) is 15.3 Å². The predicted octanol–water partition coefficient (Wildman–Crippen LogP) is 5.43. The number of hydrogen-bond acceptors (Lipinski definition) is 4. The Bertz CT molecular complexity index is 1140. The molecule has 0 radical (unpaired) electrons. The molecule has 0 aliphatic rings. The van der Waals surface area contributed by atoms with E-state index in [0.29, 0.717) is 37.6 Å². The Kier molecular flexibility index (Phi) is 6.47. The first-order chi connectivity index (χ1) is 15.2. The molecule has 4 rings (SSSR count). The Morgan fingerprint density at radius 2 is 1.65 bits per heavy atom. The molecule has 0 unspecified atom stereocenters. The molecule has 0 spiro atoms. The Morgan fingerprint density at radius 3 is 2.45 bits per heavy atom. The molecule has 0 atom stereocenters. The molecule has 0 aliphatic carbocycles. The molecule has 3 aromatic carbocycles. The number of hydrogen-bond donors (Lipinski definition) is 2. The number of benzene rings is 3. The number of nitrogens with zero attached hydrogens (tertiary/aromatic N) is 1. The van der Waals surface area contributed by atoms with Gasteiger partial charge in [-0.1, -0.05) is 36.4 Å². The van der Waals surface area contributed by atoms with E-state index in [1.807, 2.05) is 79.7 Å². The number of para-hydroxylation sites is 5. The summed E-state index contributed by atoms with van der Waals surface area (Å²) < 4.78 is 11.4. The van der Waals surface area contributed by atoms with Gasteiger partial charge in [0.05, 0.1) is 29.9 Å². The van der Waals surface area contributed by atoms with Gasteiger partial charge in [-0.3, -0.25) is 4.79 Å². The standard InChI is InChI=1S/C25H25N3O3/c1-2-30-22-14-7-8-15-23(22)31-17-9-16-24(29)26-19-11-4-3-10-18(19)25-27-20-12-5-6-13-21(20)28-25/h3-8,10-15H,2,9,16-17H2,1H3,(H,26,29)(H,27,28).